The summed E-state index contributed by atoms with van der Waals surface area (Å²) in [7, 11) is 1.61. The molecule has 5 rings (SSSR count). The van der Waals surface area contributed by atoms with Crippen molar-refractivity contribution < 1.29 is 23.1 Å². The summed E-state index contributed by atoms with van der Waals surface area (Å²) in [6.45, 7) is 0. The third-order valence-corrected chi connectivity index (χ3v) is 6.79. The number of amides is 2. The SMILES string of the molecule is COc1ccc(C2=NN(C3=NC(=O)[C@@H](CC(=O)Nc4ccccc4F)S3)[C@H](c3ccco3)C2)cc1. The van der Waals surface area contributed by atoms with Crippen molar-refractivity contribution in [2.45, 2.75) is 24.1 Å². The number of hydrogen-bond acceptors (Lipinski definition) is 7. The molecule has 2 aliphatic heterocycles. The molecule has 0 unspecified atom stereocenters. The summed E-state index contributed by atoms with van der Waals surface area (Å²) < 4.78 is 24.7. The average Bonchev–Trinajstić information content (AvgIpc) is 3.61. The molecule has 0 radical (unpaired) electrons. The number of halogens is 1. The van der Waals surface area contributed by atoms with Crippen LogP contribution in [0.1, 0.15) is 30.2 Å². The van der Waals surface area contributed by atoms with E-state index in [-0.39, 0.29) is 18.2 Å². The van der Waals surface area contributed by atoms with E-state index in [1.165, 1.54) is 30.0 Å². The predicted octanol–water partition coefficient (Wildman–Crippen LogP) is 4.61. The first-order chi connectivity index (χ1) is 17.0. The van der Waals surface area contributed by atoms with Crippen molar-refractivity contribution in [3.8, 4) is 5.75 Å². The molecule has 178 valence electrons. The van der Waals surface area contributed by atoms with Crippen LogP contribution in [-0.4, -0.2) is 40.1 Å². The summed E-state index contributed by atoms with van der Waals surface area (Å²) in [5.74, 6) is -0.0101. The van der Waals surface area contributed by atoms with Gasteiger partial charge in [-0.3, -0.25) is 9.59 Å². The zero-order valence-corrected chi connectivity index (χ0v) is 19.5. The molecule has 2 atom stereocenters. The third kappa shape index (κ3) is 4.83. The first-order valence-electron chi connectivity index (χ1n) is 10.9. The molecule has 10 heteroatoms. The number of hydrogen-bond donors (Lipinski definition) is 1. The fourth-order valence-corrected chi connectivity index (χ4v) is 4.95. The number of nitrogens with one attached hydrogen (secondary N) is 1. The molecule has 0 aliphatic carbocycles. The number of ether oxygens (including phenoxy) is 1. The molecule has 0 bridgehead atoms. The van der Waals surface area contributed by atoms with Crippen LogP contribution in [-0.2, 0) is 9.59 Å². The van der Waals surface area contributed by atoms with E-state index in [9.17, 15) is 14.0 Å². The summed E-state index contributed by atoms with van der Waals surface area (Å²) in [6.07, 6.45) is 1.99. The minimum atomic E-state index is -0.728. The number of hydrazone groups is 1. The van der Waals surface area contributed by atoms with Gasteiger partial charge in [0.05, 0.1) is 24.8 Å². The lowest BCUT2D eigenvalue weighted by molar-refractivity contribution is -0.121. The van der Waals surface area contributed by atoms with Crippen LogP contribution in [0.3, 0.4) is 0 Å². The second-order valence-corrected chi connectivity index (χ2v) is 9.10. The van der Waals surface area contributed by atoms with Crippen LogP contribution in [0.5, 0.6) is 5.75 Å². The molecule has 1 aromatic heterocycles. The molecule has 0 spiro atoms. The highest BCUT2D eigenvalue weighted by molar-refractivity contribution is 8.15. The van der Waals surface area contributed by atoms with E-state index in [1.54, 1.807) is 30.5 Å². The molecule has 3 heterocycles. The van der Waals surface area contributed by atoms with Crippen molar-refractivity contribution in [3.05, 3.63) is 84.1 Å². The number of rotatable bonds is 6. The van der Waals surface area contributed by atoms with Gasteiger partial charge in [0.1, 0.15) is 28.6 Å². The molecule has 2 amide bonds. The number of carbonyl (C=O) groups is 2. The predicted molar refractivity (Wildman–Crippen MR) is 131 cm³/mol. The summed E-state index contributed by atoms with van der Waals surface area (Å²) in [6, 6.07) is 16.8. The van der Waals surface area contributed by atoms with E-state index in [0.717, 1.165) is 17.0 Å². The number of aliphatic imine (C=N–C) groups is 1. The van der Waals surface area contributed by atoms with Crippen molar-refractivity contribution in [1.29, 1.82) is 0 Å². The van der Waals surface area contributed by atoms with Crippen molar-refractivity contribution in [2.24, 2.45) is 10.1 Å². The number of furan rings is 1. The van der Waals surface area contributed by atoms with E-state index in [2.05, 4.69) is 10.3 Å². The number of anilines is 1. The number of para-hydroxylation sites is 1. The normalized spacial score (nSPS) is 19.5. The molecule has 35 heavy (non-hydrogen) atoms. The zero-order valence-electron chi connectivity index (χ0n) is 18.7. The number of thioether (sulfide) groups is 1. The highest BCUT2D eigenvalue weighted by Gasteiger charge is 2.40. The van der Waals surface area contributed by atoms with Crippen LogP contribution in [0.15, 0.2) is 81.4 Å². The smallest absolute Gasteiger partial charge is 0.262 e. The standard InChI is InChI=1S/C25H21FN4O4S/c1-33-16-10-8-15(9-11-16)19-13-20(21-7-4-12-34-21)30(29-19)25-28-24(32)22(35-25)14-23(31)27-18-6-3-2-5-17(18)26/h2-12,20,22H,13-14H2,1H3,(H,27,31)/t20-,22+/m0/s1. The van der Waals surface area contributed by atoms with E-state index in [1.807, 2.05) is 30.3 Å². The minimum absolute atomic E-state index is 0.0697. The summed E-state index contributed by atoms with van der Waals surface area (Å²) in [5.41, 5.74) is 1.80. The third-order valence-electron chi connectivity index (χ3n) is 5.65. The largest absolute Gasteiger partial charge is 0.497 e. The monoisotopic (exact) mass is 492 g/mol. The first-order valence-corrected chi connectivity index (χ1v) is 11.8. The van der Waals surface area contributed by atoms with Crippen molar-refractivity contribution >= 4 is 40.1 Å². The van der Waals surface area contributed by atoms with Crippen LogP contribution in [0.4, 0.5) is 10.1 Å². The Labute approximate surface area is 204 Å². The lowest BCUT2D eigenvalue weighted by Crippen LogP contribution is -2.25. The van der Waals surface area contributed by atoms with Gasteiger partial charge in [0.15, 0.2) is 5.17 Å². The molecule has 3 aromatic rings. The molecular formula is C25H21FN4O4S. The lowest BCUT2D eigenvalue weighted by atomic mass is 10.0. The van der Waals surface area contributed by atoms with Gasteiger partial charge < -0.3 is 14.5 Å². The Morgan fingerprint density at radius 3 is 2.71 bits per heavy atom. The van der Waals surface area contributed by atoms with Crippen LogP contribution >= 0.6 is 11.8 Å². The van der Waals surface area contributed by atoms with Gasteiger partial charge in [-0.1, -0.05) is 23.9 Å². The molecule has 1 N–H and O–H groups in total. The van der Waals surface area contributed by atoms with Crippen molar-refractivity contribution in [2.75, 3.05) is 12.4 Å². The van der Waals surface area contributed by atoms with Crippen molar-refractivity contribution in [1.82, 2.24) is 5.01 Å². The average molecular weight is 493 g/mol. The van der Waals surface area contributed by atoms with Gasteiger partial charge in [-0.05, 0) is 54.1 Å². The van der Waals surface area contributed by atoms with Gasteiger partial charge >= 0.3 is 0 Å². The highest BCUT2D eigenvalue weighted by atomic mass is 32.2. The van der Waals surface area contributed by atoms with E-state index >= 15 is 0 Å². The topological polar surface area (TPSA) is 96.5 Å². The number of methoxy groups -OCH3 is 1. The van der Waals surface area contributed by atoms with E-state index < -0.39 is 22.9 Å². The Hall–Kier alpha value is -3.92. The lowest BCUT2D eigenvalue weighted by Gasteiger charge is -2.20. The summed E-state index contributed by atoms with van der Waals surface area (Å²) >= 11 is 1.17. The Kier molecular flexibility index (Phi) is 6.37. The van der Waals surface area contributed by atoms with Crippen LogP contribution in [0.2, 0.25) is 0 Å². The van der Waals surface area contributed by atoms with Crippen LogP contribution in [0.25, 0.3) is 0 Å². The Morgan fingerprint density at radius 1 is 1.20 bits per heavy atom. The van der Waals surface area contributed by atoms with Gasteiger partial charge in [-0.15, -0.1) is 0 Å². The fraction of sp³-hybridized carbons (Fsp3) is 0.200. The second-order valence-electron chi connectivity index (χ2n) is 7.93. The number of amidine groups is 1. The number of nitrogens with zero attached hydrogens (tertiary/aromatic N) is 3. The van der Waals surface area contributed by atoms with Gasteiger partial charge in [-0.25, -0.2) is 9.40 Å². The molecule has 2 aromatic carbocycles. The Balaban J connectivity index is 1.33. The van der Waals surface area contributed by atoms with E-state index in [0.29, 0.717) is 17.3 Å². The quantitative estimate of drug-likeness (QED) is 0.540. The summed E-state index contributed by atoms with van der Waals surface area (Å²) in [4.78, 5) is 29.3. The van der Waals surface area contributed by atoms with Gasteiger partial charge in [-0.2, -0.15) is 10.1 Å². The van der Waals surface area contributed by atoms with Gasteiger partial charge in [0.2, 0.25) is 5.91 Å². The maximum atomic E-state index is 13.9. The second kappa shape index (κ2) is 9.75. The fourth-order valence-electron chi connectivity index (χ4n) is 3.88. The van der Waals surface area contributed by atoms with Gasteiger partial charge in [0, 0.05) is 12.8 Å². The molecule has 0 fully saturated rings. The Morgan fingerprint density at radius 2 is 2.00 bits per heavy atom. The van der Waals surface area contributed by atoms with Crippen LogP contribution in [0, 0.1) is 5.82 Å². The first kappa shape index (κ1) is 22.9. The Bertz CT molecular complexity index is 1310. The number of benzene rings is 2. The maximum Gasteiger partial charge on any atom is 0.262 e. The minimum Gasteiger partial charge on any atom is -0.497 e. The summed E-state index contributed by atoms with van der Waals surface area (Å²) in [5, 5.41) is 8.61. The molecule has 8 nitrogen and oxygen atoms in total. The van der Waals surface area contributed by atoms with E-state index in [4.69, 9.17) is 14.3 Å². The molecule has 0 saturated heterocycles. The number of carbonyl (C=O) groups excluding carboxylic acids is 2. The van der Waals surface area contributed by atoms with Gasteiger partial charge in [0.25, 0.3) is 5.91 Å². The zero-order chi connectivity index (χ0) is 24.4. The molecule has 0 saturated carbocycles. The molecule has 2 aliphatic rings. The van der Waals surface area contributed by atoms with Crippen molar-refractivity contribution in [3.63, 3.8) is 0 Å². The molecular weight excluding hydrogens is 471 g/mol. The maximum absolute atomic E-state index is 13.9. The highest BCUT2D eigenvalue weighted by Crippen LogP contribution is 2.39. The van der Waals surface area contributed by atoms with Crippen LogP contribution < -0.4 is 10.1 Å².